The van der Waals surface area contributed by atoms with Crippen molar-refractivity contribution >= 4 is 17.7 Å². The summed E-state index contributed by atoms with van der Waals surface area (Å²) in [5.41, 5.74) is 1.31. The number of hydrogen-bond donors (Lipinski definition) is 1. The van der Waals surface area contributed by atoms with Crippen LogP contribution in [0.1, 0.15) is 33.0 Å². The molecule has 3 heteroatoms. The number of nitrogens with one attached hydrogen (secondary N) is 1. The van der Waals surface area contributed by atoms with E-state index in [1.807, 2.05) is 12.1 Å². The van der Waals surface area contributed by atoms with Gasteiger partial charge in [0.15, 0.2) is 5.22 Å². The first-order valence-electron chi connectivity index (χ1n) is 5.30. The van der Waals surface area contributed by atoms with Gasteiger partial charge in [-0.15, -0.1) is 0 Å². The lowest BCUT2D eigenvalue weighted by molar-refractivity contribution is 0.557. The Labute approximate surface area is 96.3 Å². The number of hydrogen-bond acceptors (Lipinski definition) is 2. The third kappa shape index (κ3) is 4.54. The molecule has 0 saturated carbocycles. The number of rotatable bonds is 5. The maximum absolute atomic E-state index is 5.70. The fraction of sp³-hybridized carbons (Fsp3) is 0.500. The van der Waals surface area contributed by atoms with Gasteiger partial charge < -0.3 is 9.73 Å². The van der Waals surface area contributed by atoms with Crippen molar-refractivity contribution in [3.63, 3.8) is 0 Å². The van der Waals surface area contributed by atoms with Gasteiger partial charge in [0.1, 0.15) is 5.76 Å². The molecule has 1 rings (SSSR count). The molecule has 1 aromatic heterocycles. The highest BCUT2D eigenvalue weighted by Gasteiger charge is 2.00. The van der Waals surface area contributed by atoms with Crippen molar-refractivity contribution in [1.29, 1.82) is 0 Å². The minimum atomic E-state index is 0.438. The molecular weight excluding hydrogens is 210 g/mol. The largest absolute Gasteiger partial charge is 0.445 e. The van der Waals surface area contributed by atoms with Crippen LogP contribution in [-0.2, 0) is 0 Å². The molecule has 0 spiro atoms. The Kier molecular flexibility index (Phi) is 4.92. The molecule has 0 amide bonds. The van der Waals surface area contributed by atoms with E-state index in [9.17, 15) is 0 Å². The average Bonchev–Trinajstić information content (AvgIpc) is 2.58. The molecule has 2 nitrogen and oxygen atoms in total. The van der Waals surface area contributed by atoms with Crippen molar-refractivity contribution < 1.29 is 4.42 Å². The zero-order valence-electron chi connectivity index (χ0n) is 9.51. The van der Waals surface area contributed by atoms with Crippen LogP contribution in [-0.4, -0.2) is 12.6 Å². The van der Waals surface area contributed by atoms with Gasteiger partial charge in [-0.1, -0.05) is 26.3 Å². The molecule has 0 bridgehead atoms. The Balaban J connectivity index is 2.61. The molecule has 0 atom stereocenters. The second kappa shape index (κ2) is 5.99. The molecule has 1 N–H and O–H groups in total. The van der Waals surface area contributed by atoms with Crippen LogP contribution in [0.3, 0.4) is 0 Å². The Morgan fingerprint density at radius 3 is 2.73 bits per heavy atom. The van der Waals surface area contributed by atoms with Crippen LogP contribution in [0, 0.1) is 0 Å². The normalized spacial score (nSPS) is 12.5. The van der Waals surface area contributed by atoms with Crippen molar-refractivity contribution in [3.05, 3.63) is 28.7 Å². The van der Waals surface area contributed by atoms with Gasteiger partial charge in [-0.05, 0) is 36.2 Å². The van der Waals surface area contributed by atoms with Gasteiger partial charge in [0.25, 0.3) is 0 Å². The molecule has 0 unspecified atom stereocenters. The third-order valence-corrected chi connectivity index (χ3v) is 2.34. The van der Waals surface area contributed by atoms with E-state index in [4.69, 9.17) is 16.0 Å². The lowest BCUT2D eigenvalue weighted by Crippen LogP contribution is -2.24. The molecule has 0 aliphatic rings. The third-order valence-electron chi connectivity index (χ3n) is 2.13. The van der Waals surface area contributed by atoms with E-state index >= 15 is 0 Å². The standard InChI is InChI=1S/C12H18ClNO/c1-4-10(8-14-9(2)3)7-11-5-6-12(13)15-11/h5-7,9,14H,4,8H2,1-3H3. The summed E-state index contributed by atoms with van der Waals surface area (Å²) in [7, 11) is 0. The van der Waals surface area contributed by atoms with Crippen LogP contribution in [0.2, 0.25) is 5.22 Å². The van der Waals surface area contributed by atoms with Crippen molar-refractivity contribution in [2.75, 3.05) is 6.54 Å². The van der Waals surface area contributed by atoms with Crippen LogP contribution in [0.25, 0.3) is 6.08 Å². The van der Waals surface area contributed by atoms with Gasteiger partial charge in [0.2, 0.25) is 0 Å². The van der Waals surface area contributed by atoms with Gasteiger partial charge in [0.05, 0.1) is 0 Å². The minimum Gasteiger partial charge on any atom is -0.445 e. The van der Waals surface area contributed by atoms with Crippen LogP contribution in [0.4, 0.5) is 0 Å². The second-order valence-corrected chi connectivity index (χ2v) is 4.21. The van der Waals surface area contributed by atoms with Crippen molar-refractivity contribution in [2.24, 2.45) is 0 Å². The zero-order valence-corrected chi connectivity index (χ0v) is 10.3. The summed E-state index contributed by atoms with van der Waals surface area (Å²) < 4.78 is 5.28. The molecule has 0 aromatic carbocycles. The number of halogens is 1. The second-order valence-electron chi connectivity index (χ2n) is 3.83. The molecule has 0 saturated heterocycles. The first-order valence-corrected chi connectivity index (χ1v) is 5.67. The lowest BCUT2D eigenvalue weighted by Gasteiger charge is -2.09. The molecule has 0 radical (unpaired) electrons. The average molecular weight is 228 g/mol. The first-order chi connectivity index (χ1) is 7.11. The van der Waals surface area contributed by atoms with Gasteiger partial charge in [0, 0.05) is 12.6 Å². The Morgan fingerprint density at radius 1 is 1.53 bits per heavy atom. The number of furan rings is 1. The molecule has 84 valence electrons. The zero-order chi connectivity index (χ0) is 11.3. The first kappa shape index (κ1) is 12.3. The summed E-state index contributed by atoms with van der Waals surface area (Å²) in [6.45, 7) is 7.30. The monoisotopic (exact) mass is 227 g/mol. The molecular formula is C12H18ClNO. The Hall–Kier alpha value is -0.730. The highest BCUT2D eigenvalue weighted by molar-refractivity contribution is 6.28. The predicted molar refractivity (Wildman–Crippen MR) is 65.1 cm³/mol. The smallest absolute Gasteiger partial charge is 0.193 e. The Morgan fingerprint density at radius 2 is 2.27 bits per heavy atom. The minimum absolute atomic E-state index is 0.438. The van der Waals surface area contributed by atoms with Gasteiger partial charge in [-0.2, -0.15) is 0 Å². The molecule has 1 aromatic rings. The summed E-state index contributed by atoms with van der Waals surface area (Å²) in [6.07, 6.45) is 3.05. The van der Waals surface area contributed by atoms with E-state index in [1.165, 1.54) is 5.57 Å². The van der Waals surface area contributed by atoms with E-state index < -0.39 is 0 Å². The van der Waals surface area contributed by atoms with Crippen LogP contribution in [0.5, 0.6) is 0 Å². The fourth-order valence-electron chi connectivity index (χ4n) is 1.22. The topological polar surface area (TPSA) is 25.2 Å². The highest BCUT2D eigenvalue weighted by Crippen LogP contribution is 2.16. The van der Waals surface area contributed by atoms with E-state index in [1.54, 1.807) is 6.07 Å². The van der Waals surface area contributed by atoms with Crippen molar-refractivity contribution in [3.8, 4) is 0 Å². The summed E-state index contributed by atoms with van der Waals surface area (Å²) in [5.74, 6) is 0.822. The molecule has 1 heterocycles. The summed E-state index contributed by atoms with van der Waals surface area (Å²) in [6, 6.07) is 4.14. The summed E-state index contributed by atoms with van der Waals surface area (Å²) >= 11 is 5.70. The van der Waals surface area contributed by atoms with Crippen molar-refractivity contribution in [2.45, 2.75) is 33.2 Å². The van der Waals surface area contributed by atoms with Crippen LogP contribution < -0.4 is 5.32 Å². The van der Waals surface area contributed by atoms with Crippen LogP contribution in [0.15, 0.2) is 22.1 Å². The quantitative estimate of drug-likeness (QED) is 0.830. The fourth-order valence-corrected chi connectivity index (χ4v) is 1.37. The summed E-state index contributed by atoms with van der Waals surface area (Å²) in [5, 5.41) is 3.82. The van der Waals surface area contributed by atoms with Crippen molar-refractivity contribution in [1.82, 2.24) is 5.32 Å². The lowest BCUT2D eigenvalue weighted by atomic mass is 10.1. The van der Waals surface area contributed by atoms with E-state index in [0.717, 1.165) is 18.7 Å². The summed E-state index contributed by atoms with van der Waals surface area (Å²) in [4.78, 5) is 0. The maximum atomic E-state index is 5.70. The molecule has 0 fully saturated rings. The predicted octanol–water partition coefficient (Wildman–Crippen LogP) is 3.72. The van der Waals surface area contributed by atoms with Gasteiger partial charge in [-0.25, -0.2) is 0 Å². The van der Waals surface area contributed by atoms with Crippen LogP contribution >= 0.6 is 11.6 Å². The van der Waals surface area contributed by atoms with E-state index in [0.29, 0.717) is 11.3 Å². The molecule has 0 aliphatic heterocycles. The SMILES string of the molecule is CCC(=Cc1ccc(Cl)o1)CNC(C)C. The molecule has 0 aliphatic carbocycles. The van der Waals surface area contributed by atoms with Gasteiger partial charge >= 0.3 is 0 Å². The Bertz CT molecular complexity index is 328. The molecule has 15 heavy (non-hydrogen) atoms. The highest BCUT2D eigenvalue weighted by atomic mass is 35.5. The maximum Gasteiger partial charge on any atom is 0.193 e. The van der Waals surface area contributed by atoms with E-state index in [2.05, 4.69) is 26.1 Å². The van der Waals surface area contributed by atoms with Gasteiger partial charge in [-0.3, -0.25) is 0 Å². The van der Waals surface area contributed by atoms with E-state index in [-0.39, 0.29) is 0 Å².